The molecule has 198 valence electrons. The normalized spacial score (nSPS) is 20.5. The van der Waals surface area contributed by atoms with Gasteiger partial charge in [0.25, 0.3) is 11.7 Å². The number of amides is 1. The van der Waals surface area contributed by atoms with Crippen molar-refractivity contribution in [2.24, 2.45) is 0 Å². The van der Waals surface area contributed by atoms with E-state index in [1.54, 1.807) is 31.4 Å². The molecule has 0 aliphatic carbocycles. The molecule has 1 amide bonds. The number of likely N-dealkylation sites (tertiary alicyclic amines) is 2. The number of carbonyl (C=O) groups is 2. The van der Waals surface area contributed by atoms with Crippen molar-refractivity contribution in [2.75, 3.05) is 47.4 Å². The summed E-state index contributed by atoms with van der Waals surface area (Å²) in [5.74, 6) is -1.13. The highest BCUT2D eigenvalue weighted by Gasteiger charge is 2.46. The Morgan fingerprint density at radius 1 is 0.973 bits per heavy atom. The van der Waals surface area contributed by atoms with Crippen LogP contribution in [0.25, 0.3) is 5.76 Å². The highest BCUT2D eigenvalue weighted by molar-refractivity contribution is 7.89. The smallest absolute Gasteiger partial charge is 0.295 e. The zero-order valence-electron chi connectivity index (χ0n) is 21.4. The van der Waals surface area contributed by atoms with E-state index in [1.807, 2.05) is 0 Å². The van der Waals surface area contributed by atoms with E-state index in [-0.39, 0.29) is 21.8 Å². The third-order valence-electron chi connectivity index (χ3n) is 6.98. The van der Waals surface area contributed by atoms with Crippen molar-refractivity contribution < 1.29 is 27.9 Å². The zero-order chi connectivity index (χ0) is 26.7. The Morgan fingerprint density at radius 2 is 1.59 bits per heavy atom. The van der Waals surface area contributed by atoms with E-state index in [0.717, 1.165) is 30.2 Å². The highest BCUT2D eigenvalue weighted by atomic mass is 32.2. The molecule has 0 bridgehead atoms. The average molecular weight is 528 g/mol. The van der Waals surface area contributed by atoms with E-state index in [0.29, 0.717) is 24.4 Å². The molecule has 2 aliphatic rings. The van der Waals surface area contributed by atoms with Gasteiger partial charge in [-0.15, -0.1) is 0 Å². The molecule has 0 spiro atoms. The van der Waals surface area contributed by atoms with Crippen molar-refractivity contribution in [3.63, 3.8) is 0 Å². The number of sulfonamides is 1. The van der Waals surface area contributed by atoms with Crippen LogP contribution in [0.15, 0.2) is 59.0 Å². The van der Waals surface area contributed by atoms with Crippen LogP contribution in [0, 0.1) is 0 Å². The van der Waals surface area contributed by atoms with E-state index in [1.165, 1.54) is 49.7 Å². The summed E-state index contributed by atoms with van der Waals surface area (Å²) >= 11 is 0. The van der Waals surface area contributed by atoms with Crippen LogP contribution in [-0.2, 0) is 19.6 Å². The minimum absolute atomic E-state index is 0.0166. The van der Waals surface area contributed by atoms with Crippen LogP contribution in [0.2, 0.25) is 0 Å². The number of hydrogen-bond acceptors (Lipinski definition) is 7. The van der Waals surface area contributed by atoms with Crippen LogP contribution in [0.5, 0.6) is 5.75 Å². The number of benzene rings is 2. The van der Waals surface area contributed by atoms with Crippen molar-refractivity contribution in [2.45, 2.75) is 30.2 Å². The molecule has 4 rings (SSSR count). The first kappa shape index (κ1) is 26.8. The molecule has 0 radical (unpaired) electrons. The maximum atomic E-state index is 13.3. The van der Waals surface area contributed by atoms with Crippen LogP contribution >= 0.6 is 0 Å². The van der Waals surface area contributed by atoms with Crippen molar-refractivity contribution in [3.8, 4) is 5.75 Å². The second-order valence-corrected chi connectivity index (χ2v) is 11.6. The minimum atomic E-state index is -3.66. The molecule has 2 aromatic rings. The Balaban J connectivity index is 1.73. The fourth-order valence-electron chi connectivity index (χ4n) is 4.83. The molecule has 0 unspecified atom stereocenters. The SMILES string of the molecule is COc1ccc([C@@H]2C(=C(O)c3ccc(S(=O)(=O)N(C)C)cc3)C(=O)C(=O)N2CCN2CCCCC2)cc1. The molecule has 10 heteroatoms. The highest BCUT2D eigenvalue weighted by Crippen LogP contribution is 2.40. The van der Waals surface area contributed by atoms with Gasteiger partial charge in [-0.3, -0.25) is 9.59 Å². The number of ketones is 1. The predicted octanol–water partition coefficient (Wildman–Crippen LogP) is 2.85. The number of rotatable bonds is 8. The molecule has 37 heavy (non-hydrogen) atoms. The quantitative estimate of drug-likeness (QED) is 0.320. The summed E-state index contributed by atoms with van der Waals surface area (Å²) in [5, 5.41) is 11.3. The number of nitrogens with zero attached hydrogens (tertiary/aromatic N) is 3. The lowest BCUT2D eigenvalue weighted by molar-refractivity contribution is -0.140. The molecular weight excluding hydrogens is 494 g/mol. The van der Waals surface area contributed by atoms with Gasteiger partial charge < -0.3 is 19.6 Å². The van der Waals surface area contributed by atoms with E-state index < -0.39 is 27.8 Å². The first-order valence-corrected chi connectivity index (χ1v) is 13.8. The standard InChI is InChI=1S/C27H33N3O6S/c1-28(2)37(34,35)22-13-9-20(10-14-22)25(31)23-24(19-7-11-21(36-3)12-8-19)30(27(33)26(23)32)18-17-29-15-5-4-6-16-29/h7-14,24,31H,4-6,15-18H2,1-3H3/t24-/m1/s1. The maximum absolute atomic E-state index is 13.3. The lowest BCUT2D eigenvalue weighted by Gasteiger charge is -2.31. The zero-order valence-corrected chi connectivity index (χ0v) is 22.2. The fourth-order valence-corrected chi connectivity index (χ4v) is 5.73. The number of carbonyl (C=O) groups excluding carboxylic acids is 2. The third-order valence-corrected chi connectivity index (χ3v) is 8.81. The molecule has 2 fully saturated rings. The molecule has 0 saturated carbocycles. The van der Waals surface area contributed by atoms with Gasteiger partial charge in [0.1, 0.15) is 11.5 Å². The first-order valence-electron chi connectivity index (χ1n) is 12.3. The summed E-state index contributed by atoms with van der Waals surface area (Å²) in [4.78, 5) is 30.3. The van der Waals surface area contributed by atoms with Crippen molar-refractivity contribution in [3.05, 3.63) is 65.2 Å². The maximum Gasteiger partial charge on any atom is 0.295 e. The lowest BCUT2D eigenvalue weighted by atomic mass is 9.95. The molecule has 2 aliphatic heterocycles. The van der Waals surface area contributed by atoms with Gasteiger partial charge in [-0.1, -0.05) is 18.6 Å². The van der Waals surface area contributed by atoms with Gasteiger partial charge in [0.2, 0.25) is 10.0 Å². The number of Topliss-reactive ketones (excluding diaryl/α,β-unsaturated/α-hetero) is 1. The third kappa shape index (κ3) is 5.41. The van der Waals surface area contributed by atoms with Gasteiger partial charge in [0, 0.05) is 32.7 Å². The number of aliphatic hydroxyl groups excluding tert-OH is 1. The number of hydrogen-bond donors (Lipinski definition) is 1. The molecule has 2 aromatic carbocycles. The monoisotopic (exact) mass is 527 g/mol. The second kappa shape index (κ2) is 11.0. The van der Waals surface area contributed by atoms with Crippen LogP contribution in [-0.4, -0.2) is 86.7 Å². The van der Waals surface area contributed by atoms with Crippen LogP contribution < -0.4 is 4.74 Å². The molecule has 2 heterocycles. The van der Waals surface area contributed by atoms with Gasteiger partial charge >= 0.3 is 0 Å². The van der Waals surface area contributed by atoms with E-state index >= 15 is 0 Å². The summed E-state index contributed by atoms with van der Waals surface area (Å²) in [7, 11) is 0.768. The first-order chi connectivity index (χ1) is 17.6. The second-order valence-electron chi connectivity index (χ2n) is 9.48. The molecule has 2 saturated heterocycles. The van der Waals surface area contributed by atoms with Gasteiger partial charge in [-0.2, -0.15) is 0 Å². The Labute approximate surface area is 218 Å². The van der Waals surface area contributed by atoms with Crippen molar-refractivity contribution >= 4 is 27.5 Å². The topological polar surface area (TPSA) is 107 Å². The van der Waals surface area contributed by atoms with Gasteiger partial charge in [0.05, 0.1) is 23.6 Å². The summed E-state index contributed by atoms with van der Waals surface area (Å²) < 4.78 is 31.2. The number of piperidine rings is 1. The van der Waals surface area contributed by atoms with Crippen LogP contribution in [0.3, 0.4) is 0 Å². The molecule has 1 N–H and O–H groups in total. The largest absolute Gasteiger partial charge is 0.507 e. The van der Waals surface area contributed by atoms with Gasteiger partial charge in [-0.25, -0.2) is 12.7 Å². The van der Waals surface area contributed by atoms with Crippen LogP contribution in [0.1, 0.15) is 36.4 Å². The molecule has 0 aromatic heterocycles. The molecular formula is C27H33N3O6S. The Morgan fingerprint density at radius 3 is 2.16 bits per heavy atom. The number of methoxy groups -OCH3 is 1. The molecule has 9 nitrogen and oxygen atoms in total. The van der Waals surface area contributed by atoms with Crippen molar-refractivity contribution in [1.29, 1.82) is 0 Å². The summed E-state index contributed by atoms with van der Waals surface area (Å²) in [6.45, 7) is 2.90. The van der Waals surface area contributed by atoms with E-state index in [4.69, 9.17) is 4.74 Å². The van der Waals surface area contributed by atoms with E-state index in [2.05, 4.69) is 4.90 Å². The molecule has 1 atom stereocenters. The Bertz CT molecular complexity index is 1280. The number of aliphatic hydroxyl groups is 1. The lowest BCUT2D eigenvalue weighted by Crippen LogP contribution is -2.39. The Hall–Kier alpha value is -3.21. The predicted molar refractivity (Wildman–Crippen MR) is 140 cm³/mol. The van der Waals surface area contributed by atoms with Gasteiger partial charge in [0.15, 0.2) is 0 Å². The minimum Gasteiger partial charge on any atom is -0.507 e. The summed E-state index contributed by atoms with van der Waals surface area (Å²) in [6.07, 6.45) is 3.42. The van der Waals surface area contributed by atoms with E-state index in [9.17, 15) is 23.1 Å². The van der Waals surface area contributed by atoms with Crippen LogP contribution in [0.4, 0.5) is 0 Å². The fraction of sp³-hybridized carbons (Fsp3) is 0.407. The van der Waals surface area contributed by atoms with Gasteiger partial charge in [-0.05, 0) is 67.9 Å². The number of ether oxygens (including phenoxy) is 1. The Kier molecular flexibility index (Phi) is 8.01. The summed E-state index contributed by atoms with van der Waals surface area (Å²) in [6, 6.07) is 11.9. The summed E-state index contributed by atoms with van der Waals surface area (Å²) in [5.41, 5.74) is 0.911. The average Bonchev–Trinajstić information content (AvgIpc) is 3.17. The van der Waals surface area contributed by atoms with Crippen molar-refractivity contribution in [1.82, 2.24) is 14.1 Å².